The Labute approximate surface area is 136 Å². The van der Waals surface area contributed by atoms with E-state index in [-0.39, 0.29) is 5.97 Å². The lowest BCUT2D eigenvalue weighted by Crippen LogP contribution is -2.07. The first kappa shape index (κ1) is 15.3. The first-order valence-corrected chi connectivity index (χ1v) is 7.80. The predicted molar refractivity (Wildman–Crippen MR) is 89.4 cm³/mol. The molecule has 3 heteroatoms. The van der Waals surface area contributed by atoms with Gasteiger partial charge in [-0.05, 0) is 65.4 Å². The number of rotatable bonds is 4. The first-order chi connectivity index (χ1) is 11.2. The lowest BCUT2D eigenvalue weighted by atomic mass is 9.88. The van der Waals surface area contributed by atoms with E-state index in [4.69, 9.17) is 9.47 Å². The summed E-state index contributed by atoms with van der Waals surface area (Å²) in [6, 6.07) is 13.8. The molecule has 0 aromatic heterocycles. The molecule has 0 N–H and O–H groups in total. The van der Waals surface area contributed by atoms with Crippen LogP contribution in [-0.4, -0.2) is 13.1 Å². The van der Waals surface area contributed by atoms with Gasteiger partial charge in [0.2, 0.25) is 0 Å². The lowest BCUT2D eigenvalue weighted by molar-refractivity contribution is -0.134. The zero-order valence-corrected chi connectivity index (χ0v) is 13.4. The van der Waals surface area contributed by atoms with E-state index in [0.29, 0.717) is 12.2 Å². The van der Waals surface area contributed by atoms with Crippen LogP contribution in [0.15, 0.2) is 42.5 Å². The summed E-state index contributed by atoms with van der Waals surface area (Å²) in [6.45, 7) is 1.79. The van der Waals surface area contributed by atoms with Crippen molar-refractivity contribution in [2.24, 2.45) is 0 Å². The standard InChI is InChI=1S/C20H19O3/c1-3-20(21)23-19-10-9-16-11-15(7-8-17(16)13-19)14-5-4-6-18(12-14)22-2/h4-6,9-10,12-13H,3,7-8H2,1-2H3. The Balaban J connectivity index is 1.87. The van der Waals surface area contributed by atoms with Gasteiger partial charge in [-0.15, -0.1) is 0 Å². The van der Waals surface area contributed by atoms with Crippen molar-refractivity contribution in [2.75, 3.05) is 7.11 Å². The summed E-state index contributed by atoms with van der Waals surface area (Å²) in [7, 11) is 1.67. The van der Waals surface area contributed by atoms with Gasteiger partial charge in [0.25, 0.3) is 0 Å². The molecule has 117 valence electrons. The Bertz CT molecular complexity index is 759. The number of carbonyl (C=O) groups excluding carboxylic acids is 1. The molecule has 1 radical (unpaired) electrons. The number of fused-ring (bicyclic) bond motifs is 1. The summed E-state index contributed by atoms with van der Waals surface area (Å²) in [5.74, 6) is 1.25. The summed E-state index contributed by atoms with van der Waals surface area (Å²) in [5, 5.41) is 0. The van der Waals surface area contributed by atoms with Gasteiger partial charge in [-0.2, -0.15) is 0 Å². The molecule has 0 unspecified atom stereocenters. The number of carbonyl (C=O) groups is 1. The van der Waals surface area contributed by atoms with Crippen molar-refractivity contribution in [1.82, 2.24) is 0 Å². The van der Waals surface area contributed by atoms with Gasteiger partial charge in [-0.25, -0.2) is 0 Å². The van der Waals surface area contributed by atoms with Crippen molar-refractivity contribution < 1.29 is 14.3 Å². The zero-order chi connectivity index (χ0) is 16.2. The molecule has 0 spiro atoms. The topological polar surface area (TPSA) is 35.5 Å². The van der Waals surface area contributed by atoms with Crippen LogP contribution >= 0.6 is 0 Å². The molecule has 3 rings (SSSR count). The van der Waals surface area contributed by atoms with Crippen LogP contribution in [0.1, 0.15) is 36.5 Å². The summed E-state index contributed by atoms with van der Waals surface area (Å²) in [5.41, 5.74) is 4.54. The first-order valence-electron chi connectivity index (χ1n) is 7.80. The van der Waals surface area contributed by atoms with Gasteiger partial charge in [0, 0.05) is 6.42 Å². The number of methoxy groups -OCH3 is 1. The number of hydrogen-bond acceptors (Lipinski definition) is 3. The predicted octanol–water partition coefficient (Wildman–Crippen LogP) is 4.19. The van der Waals surface area contributed by atoms with E-state index >= 15 is 0 Å². The van der Waals surface area contributed by atoms with Gasteiger partial charge in [-0.3, -0.25) is 4.79 Å². The van der Waals surface area contributed by atoms with Crippen LogP contribution in [0.4, 0.5) is 0 Å². The van der Waals surface area contributed by atoms with Crippen LogP contribution in [0.5, 0.6) is 11.5 Å². The summed E-state index contributed by atoms with van der Waals surface area (Å²) in [6.07, 6.45) is 5.67. The second-order valence-electron chi connectivity index (χ2n) is 5.48. The number of benzene rings is 2. The Morgan fingerprint density at radius 1 is 1.13 bits per heavy atom. The van der Waals surface area contributed by atoms with E-state index in [9.17, 15) is 4.79 Å². The van der Waals surface area contributed by atoms with Crippen LogP contribution in [0.3, 0.4) is 0 Å². The second kappa shape index (κ2) is 6.69. The number of ether oxygens (including phenoxy) is 2. The average molecular weight is 307 g/mol. The number of hydrogen-bond donors (Lipinski definition) is 0. The average Bonchev–Trinajstić information content (AvgIpc) is 2.61. The third kappa shape index (κ3) is 3.45. The Morgan fingerprint density at radius 2 is 2.00 bits per heavy atom. The third-order valence-corrected chi connectivity index (χ3v) is 3.95. The maximum atomic E-state index is 11.4. The van der Waals surface area contributed by atoms with Gasteiger partial charge in [0.1, 0.15) is 11.5 Å². The van der Waals surface area contributed by atoms with Gasteiger partial charge in [0.05, 0.1) is 7.11 Å². The highest BCUT2D eigenvalue weighted by Crippen LogP contribution is 2.32. The van der Waals surface area contributed by atoms with Crippen molar-refractivity contribution in [3.05, 3.63) is 65.2 Å². The second-order valence-corrected chi connectivity index (χ2v) is 5.48. The van der Waals surface area contributed by atoms with Crippen LogP contribution in [0, 0.1) is 6.08 Å². The van der Waals surface area contributed by atoms with Gasteiger partial charge < -0.3 is 9.47 Å². The number of allylic oxidation sites excluding steroid dienone is 1. The van der Waals surface area contributed by atoms with Crippen LogP contribution in [0.2, 0.25) is 0 Å². The van der Waals surface area contributed by atoms with Gasteiger partial charge >= 0.3 is 5.97 Å². The van der Waals surface area contributed by atoms with E-state index in [0.717, 1.165) is 35.3 Å². The molecule has 0 heterocycles. The smallest absolute Gasteiger partial charge is 0.310 e. The monoisotopic (exact) mass is 307 g/mol. The minimum atomic E-state index is -0.211. The van der Waals surface area contributed by atoms with Crippen LogP contribution in [-0.2, 0) is 11.2 Å². The summed E-state index contributed by atoms with van der Waals surface area (Å²) in [4.78, 5) is 11.4. The molecule has 0 aliphatic heterocycles. The van der Waals surface area contributed by atoms with Crippen molar-refractivity contribution in [2.45, 2.75) is 26.2 Å². The van der Waals surface area contributed by atoms with Gasteiger partial charge in [0.15, 0.2) is 0 Å². The molecule has 2 aromatic rings. The Kier molecular flexibility index (Phi) is 4.47. The van der Waals surface area contributed by atoms with E-state index in [1.54, 1.807) is 14.0 Å². The molecule has 0 bridgehead atoms. The Morgan fingerprint density at radius 3 is 2.78 bits per heavy atom. The molecule has 0 fully saturated rings. The molecule has 3 nitrogen and oxygen atoms in total. The normalized spacial score (nSPS) is 13.0. The molecular weight excluding hydrogens is 288 g/mol. The molecule has 0 atom stereocenters. The van der Waals surface area contributed by atoms with Crippen molar-refractivity contribution in [3.63, 3.8) is 0 Å². The fourth-order valence-corrected chi connectivity index (χ4v) is 2.68. The fraction of sp³-hybridized carbons (Fsp3) is 0.250. The summed E-state index contributed by atoms with van der Waals surface area (Å²) < 4.78 is 10.6. The third-order valence-electron chi connectivity index (χ3n) is 3.95. The molecule has 0 amide bonds. The fourth-order valence-electron chi connectivity index (χ4n) is 2.68. The van der Waals surface area contributed by atoms with Crippen LogP contribution in [0.25, 0.3) is 5.57 Å². The molecule has 2 aromatic carbocycles. The number of esters is 1. The highest BCUT2D eigenvalue weighted by molar-refractivity contribution is 5.73. The highest BCUT2D eigenvalue weighted by Gasteiger charge is 2.14. The number of aryl methyl sites for hydroxylation is 1. The molecule has 1 aliphatic carbocycles. The minimum Gasteiger partial charge on any atom is -0.497 e. The van der Waals surface area contributed by atoms with E-state index in [1.165, 1.54) is 5.57 Å². The van der Waals surface area contributed by atoms with E-state index in [2.05, 4.69) is 12.1 Å². The largest absolute Gasteiger partial charge is 0.497 e. The molecule has 1 aliphatic rings. The van der Waals surface area contributed by atoms with Crippen LogP contribution < -0.4 is 9.47 Å². The van der Waals surface area contributed by atoms with Crippen molar-refractivity contribution >= 4 is 11.5 Å². The maximum Gasteiger partial charge on any atom is 0.310 e. The Hall–Kier alpha value is -2.55. The molecule has 23 heavy (non-hydrogen) atoms. The molecule has 0 saturated carbocycles. The highest BCUT2D eigenvalue weighted by atomic mass is 16.5. The molecular formula is C20H19O3. The van der Waals surface area contributed by atoms with Crippen molar-refractivity contribution in [3.8, 4) is 11.5 Å². The van der Waals surface area contributed by atoms with Crippen molar-refractivity contribution in [1.29, 1.82) is 0 Å². The van der Waals surface area contributed by atoms with Gasteiger partial charge in [-0.1, -0.05) is 25.1 Å². The quantitative estimate of drug-likeness (QED) is 0.627. The van der Waals surface area contributed by atoms with E-state index in [1.807, 2.05) is 36.4 Å². The summed E-state index contributed by atoms with van der Waals surface area (Å²) >= 11 is 0. The maximum absolute atomic E-state index is 11.4. The van der Waals surface area contributed by atoms with E-state index < -0.39 is 0 Å². The SMILES string of the molecule is CCC(=O)Oc1ccc2c(c1)CCC(c1cccc(OC)c1)=[C]2. The lowest BCUT2D eigenvalue weighted by Gasteiger charge is -2.17. The molecule has 0 saturated heterocycles. The zero-order valence-electron chi connectivity index (χ0n) is 13.4. The minimum absolute atomic E-state index is 0.211.